The fourth-order valence-corrected chi connectivity index (χ4v) is 5.12. The number of pyridine rings is 1. The molecule has 4 heterocycles. The molecule has 0 aromatic carbocycles. The van der Waals surface area contributed by atoms with Crippen LogP contribution < -0.4 is 5.32 Å². The van der Waals surface area contributed by atoms with Gasteiger partial charge in [0, 0.05) is 30.2 Å². The summed E-state index contributed by atoms with van der Waals surface area (Å²) >= 11 is 1.27. The maximum Gasteiger partial charge on any atom is 0.293 e. The van der Waals surface area contributed by atoms with E-state index in [0.717, 1.165) is 10.6 Å². The van der Waals surface area contributed by atoms with E-state index in [2.05, 4.69) is 15.3 Å². The lowest BCUT2D eigenvalue weighted by atomic mass is 10.2. The number of hydrogen-bond donors (Lipinski definition) is 1. The quantitative estimate of drug-likeness (QED) is 0.732. The second-order valence-corrected chi connectivity index (χ2v) is 8.62. The van der Waals surface area contributed by atoms with Crippen molar-refractivity contribution in [2.45, 2.75) is 17.9 Å². The Labute approximate surface area is 153 Å². The number of rotatable bonds is 4. The summed E-state index contributed by atoms with van der Waals surface area (Å²) in [4.78, 5) is 21.3. The molecule has 0 radical (unpaired) electrons. The summed E-state index contributed by atoms with van der Waals surface area (Å²) in [6, 6.07) is 6.31. The molecule has 0 spiro atoms. The van der Waals surface area contributed by atoms with Crippen LogP contribution in [0.4, 0.5) is 5.13 Å². The number of hydrogen-bond acceptors (Lipinski definition) is 7. The summed E-state index contributed by atoms with van der Waals surface area (Å²) in [6.45, 7) is 0.556. The van der Waals surface area contributed by atoms with Crippen LogP contribution in [0, 0.1) is 0 Å². The normalized spacial score (nSPS) is 14.8. The number of sulfonamides is 1. The molecule has 10 heteroatoms. The standard InChI is InChI=1S/C16H14N4O4S2/c21-15(13-4-2-8-24-13)19-16-18-12-5-7-20(10-14(12)25-16)26(22,23)11-3-1-6-17-9-11/h1-4,6,8-9H,5,7,10H2,(H,18,19,21). The van der Waals surface area contributed by atoms with Gasteiger partial charge in [0.1, 0.15) is 4.90 Å². The first kappa shape index (κ1) is 16.9. The summed E-state index contributed by atoms with van der Waals surface area (Å²) < 4.78 is 31.9. The second kappa shape index (κ2) is 6.63. The number of amides is 1. The van der Waals surface area contributed by atoms with Gasteiger partial charge in [-0.2, -0.15) is 4.31 Å². The zero-order chi connectivity index (χ0) is 18.1. The lowest BCUT2D eigenvalue weighted by Crippen LogP contribution is -2.35. The number of thiazole rings is 1. The van der Waals surface area contributed by atoms with Crippen molar-refractivity contribution in [3.63, 3.8) is 0 Å². The van der Waals surface area contributed by atoms with Gasteiger partial charge in [-0.3, -0.25) is 15.1 Å². The van der Waals surface area contributed by atoms with Gasteiger partial charge in [-0.05, 0) is 24.3 Å². The lowest BCUT2D eigenvalue weighted by molar-refractivity contribution is 0.0996. The van der Waals surface area contributed by atoms with Crippen molar-refractivity contribution in [2.24, 2.45) is 0 Å². The Morgan fingerprint density at radius 1 is 1.31 bits per heavy atom. The SMILES string of the molecule is O=C(Nc1nc2c(s1)CN(S(=O)(=O)c1cccnc1)CC2)c1ccco1. The molecule has 1 N–H and O–H groups in total. The van der Waals surface area contributed by atoms with Gasteiger partial charge >= 0.3 is 0 Å². The molecule has 1 aliphatic heterocycles. The molecule has 134 valence electrons. The Balaban J connectivity index is 1.53. The van der Waals surface area contributed by atoms with Crippen LogP contribution >= 0.6 is 11.3 Å². The van der Waals surface area contributed by atoms with Gasteiger partial charge in [0.2, 0.25) is 10.0 Å². The van der Waals surface area contributed by atoms with Crippen LogP contribution in [0.25, 0.3) is 0 Å². The van der Waals surface area contributed by atoms with E-state index in [1.807, 2.05) is 0 Å². The largest absolute Gasteiger partial charge is 0.459 e. The summed E-state index contributed by atoms with van der Waals surface area (Å²) in [5, 5.41) is 3.11. The number of anilines is 1. The number of nitrogens with zero attached hydrogens (tertiary/aromatic N) is 3. The van der Waals surface area contributed by atoms with E-state index < -0.39 is 10.0 Å². The lowest BCUT2D eigenvalue weighted by Gasteiger charge is -2.25. The minimum Gasteiger partial charge on any atom is -0.459 e. The zero-order valence-corrected chi connectivity index (χ0v) is 15.1. The molecule has 4 rings (SSSR count). The van der Waals surface area contributed by atoms with E-state index in [-0.39, 0.29) is 23.1 Å². The topological polar surface area (TPSA) is 105 Å². The fourth-order valence-electron chi connectivity index (χ4n) is 2.65. The highest BCUT2D eigenvalue weighted by molar-refractivity contribution is 7.89. The van der Waals surface area contributed by atoms with Gasteiger partial charge < -0.3 is 4.42 Å². The highest BCUT2D eigenvalue weighted by Gasteiger charge is 2.30. The van der Waals surface area contributed by atoms with Crippen LogP contribution in [0.1, 0.15) is 21.1 Å². The molecule has 3 aromatic rings. The summed E-state index contributed by atoms with van der Waals surface area (Å²) in [5.41, 5.74) is 0.808. The van der Waals surface area contributed by atoms with Crippen LogP contribution in [-0.4, -0.2) is 35.1 Å². The van der Waals surface area contributed by atoms with Gasteiger partial charge in [-0.1, -0.05) is 0 Å². The number of carbonyl (C=O) groups excluding carboxylic acids is 1. The van der Waals surface area contributed by atoms with Crippen molar-refractivity contribution in [1.29, 1.82) is 0 Å². The highest BCUT2D eigenvalue weighted by Crippen LogP contribution is 2.31. The third-order valence-electron chi connectivity index (χ3n) is 3.93. The molecule has 8 nitrogen and oxygen atoms in total. The molecular formula is C16H14N4O4S2. The minimum absolute atomic E-state index is 0.166. The van der Waals surface area contributed by atoms with E-state index in [4.69, 9.17) is 4.42 Å². The zero-order valence-electron chi connectivity index (χ0n) is 13.5. The maximum atomic E-state index is 12.7. The molecule has 1 aliphatic rings. The molecule has 0 saturated heterocycles. The van der Waals surface area contributed by atoms with E-state index in [0.29, 0.717) is 18.1 Å². The summed E-state index contributed by atoms with van der Waals surface area (Å²) in [5.74, 6) is -0.195. The van der Waals surface area contributed by atoms with Gasteiger partial charge in [0.25, 0.3) is 5.91 Å². The molecule has 0 atom stereocenters. The number of carbonyl (C=O) groups is 1. The van der Waals surface area contributed by atoms with Crippen molar-refractivity contribution < 1.29 is 17.6 Å². The first-order valence-corrected chi connectivity index (χ1v) is 10.0. The molecule has 0 saturated carbocycles. The monoisotopic (exact) mass is 390 g/mol. The maximum absolute atomic E-state index is 12.7. The van der Waals surface area contributed by atoms with Crippen molar-refractivity contribution in [3.05, 3.63) is 59.3 Å². The minimum atomic E-state index is -3.61. The van der Waals surface area contributed by atoms with Crippen LogP contribution in [0.2, 0.25) is 0 Å². The summed E-state index contributed by atoms with van der Waals surface area (Å²) in [7, 11) is -3.61. The van der Waals surface area contributed by atoms with E-state index in [1.54, 1.807) is 18.2 Å². The number of aromatic nitrogens is 2. The van der Waals surface area contributed by atoms with E-state index in [9.17, 15) is 13.2 Å². The Bertz CT molecular complexity index is 1030. The van der Waals surface area contributed by atoms with Crippen LogP contribution in [0.15, 0.2) is 52.2 Å². The van der Waals surface area contributed by atoms with E-state index >= 15 is 0 Å². The Hall–Kier alpha value is -2.56. The predicted molar refractivity (Wildman–Crippen MR) is 94.3 cm³/mol. The van der Waals surface area contributed by atoms with Crippen LogP contribution in [-0.2, 0) is 23.0 Å². The molecule has 3 aromatic heterocycles. The van der Waals surface area contributed by atoms with Gasteiger partial charge in [-0.15, -0.1) is 11.3 Å². The average Bonchev–Trinajstić information content (AvgIpc) is 3.31. The second-order valence-electron chi connectivity index (χ2n) is 5.60. The highest BCUT2D eigenvalue weighted by atomic mass is 32.2. The van der Waals surface area contributed by atoms with E-state index in [1.165, 1.54) is 40.4 Å². The first-order chi connectivity index (χ1) is 12.5. The van der Waals surface area contributed by atoms with Crippen molar-refractivity contribution >= 4 is 32.4 Å². The van der Waals surface area contributed by atoms with Gasteiger partial charge in [-0.25, -0.2) is 13.4 Å². The third-order valence-corrected chi connectivity index (χ3v) is 6.76. The molecule has 0 unspecified atom stereocenters. The van der Waals surface area contributed by atoms with Crippen LogP contribution in [0.5, 0.6) is 0 Å². The Morgan fingerprint density at radius 2 is 2.19 bits per heavy atom. The first-order valence-electron chi connectivity index (χ1n) is 7.77. The molecule has 26 heavy (non-hydrogen) atoms. The molecule has 0 aliphatic carbocycles. The smallest absolute Gasteiger partial charge is 0.293 e. The Morgan fingerprint density at radius 3 is 2.92 bits per heavy atom. The number of furan rings is 1. The fraction of sp³-hybridized carbons (Fsp3) is 0.188. The number of fused-ring (bicyclic) bond motifs is 1. The van der Waals surface area contributed by atoms with Crippen LogP contribution in [0.3, 0.4) is 0 Å². The third kappa shape index (κ3) is 3.14. The molecule has 0 bridgehead atoms. The molecule has 1 amide bonds. The van der Waals surface area contributed by atoms with Gasteiger partial charge in [0.15, 0.2) is 10.9 Å². The molecular weight excluding hydrogens is 376 g/mol. The van der Waals surface area contributed by atoms with Crippen molar-refractivity contribution in [2.75, 3.05) is 11.9 Å². The molecule has 0 fully saturated rings. The average molecular weight is 390 g/mol. The Kier molecular flexibility index (Phi) is 4.31. The van der Waals surface area contributed by atoms with Crippen molar-refractivity contribution in [1.82, 2.24) is 14.3 Å². The van der Waals surface area contributed by atoms with Crippen molar-refractivity contribution in [3.8, 4) is 0 Å². The summed E-state index contributed by atoms with van der Waals surface area (Å²) in [6.07, 6.45) is 4.78. The predicted octanol–water partition coefficient (Wildman–Crippen LogP) is 2.13. The number of nitrogens with one attached hydrogen (secondary N) is 1. The van der Waals surface area contributed by atoms with Gasteiger partial charge in [0.05, 0.1) is 18.5 Å².